The first-order valence-electron chi connectivity index (χ1n) is 7.83. The van der Waals surface area contributed by atoms with Crippen LogP contribution in [0.15, 0.2) is 18.2 Å². The second kappa shape index (κ2) is 7.46. The number of carbonyl (C=O) groups is 1. The van der Waals surface area contributed by atoms with E-state index in [1.165, 1.54) is 0 Å². The number of aliphatic hydroxyl groups excluding tert-OH is 1. The van der Waals surface area contributed by atoms with Crippen LogP contribution in [0.25, 0.3) is 0 Å². The standard InChI is InChI=1S/C17H25NO3/c1-3-21-16-9-8-14(13(2)19)11-15(16)12-18-10-6-4-5-7-17(18)20/h8-9,11,13,19H,3-7,10,12H2,1-2H3. The van der Waals surface area contributed by atoms with Gasteiger partial charge in [-0.15, -0.1) is 0 Å². The molecule has 1 heterocycles. The molecule has 4 nitrogen and oxygen atoms in total. The van der Waals surface area contributed by atoms with Gasteiger partial charge >= 0.3 is 0 Å². The summed E-state index contributed by atoms with van der Waals surface area (Å²) in [5.74, 6) is 1.02. The molecule has 1 aromatic carbocycles. The van der Waals surface area contributed by atoms with Gasteiger partial charge in [0, 0.05) is 25.1 Å². The summed E-state index contributed by atoms with van der Waals surface area (Å²) in [6.45, 7) is 5.66. The van der Waals surface area contributed by atoms with Crippen molar-refractivity contribution in [1.82, 2.24) is 4.90 Å². The van der Waals surface area contributed by atoms with Crippen LogP contribution in [0.2, 0.25) is 0 Å². The van der Waals surface area contributed by atoms with Crippen molar-refractivity contribution in [3.05, 3.63) is 29.3 Å². The number of ether oxygens (including phenoxy) is 1. The number of rotatable bonds is 5. The number of carbonyl (C=O) groups excluding carboxylic acids is 1. The maximum Gasteiger partial charge on any atom is 0.222 e. The quantitative estimate of drug-likeness (QED) is 0.907. The van der Waals surface area contributed by atoms with Crippen molar-refractivity contribution in [2.24, 2.45) is 0 Å². The van der Waals surface area contributed by atoms with E-state index in [1.807, 2.05) is 30.0 Å². The van der Waals surface area contributed by atoms with Crippen molar-refractivity contribution in [3.63, 3.8) is 0 Å². The Bertz CT molecular complexity index is 485. The SMILES string of the molecule is CCOc1ccc(C(C)O)cc1CN1CCCCCC1=O. The molecule has 1 amide bonds. The highest BCUT2D eigenvalue weighted by Gasteiger charge is 2.19. The maximum atomic E-state index is 12.1. The molecule has 1 fully saturated rings. The molecule has 1 aromatic rings. The lowest BCUT2D eigenvalue weighted by Gasteiger charge is -2.23. The fraction of sp³-hybridized carbons (Fsp3) is 0.588. The fourth-order valence-corrected chi connectivity index (χ4v) is 2.69. The Labute approximate surface area is 126 Å². The van der Waals surface area contributed by atoms with Crippen molar-refractivity contribution in [3.8, 4) is 5.75 Å². The summed E-state index contributed by atoms with van der Waals surface area (Å²) >= 11 is 0. The Balaban J connectivity index is 2.22. The van der Waals surface area contributed by atoms with Crippen LogP contribution in [0.5, 0.6) is 5.75 Å². The second-order valence-corrected chi connectivity index (χ2v) is 5.60. The van der Waals surface area contributed by atoms with Gasteiger partial charge in [-0.3, -0.25) is 4.79 Å². The molecule has 0 radical (unpaired) electrons. The fourth-order valence-electron chi connectivity index (χ4n) is 2.69. The van der Waals surface area contributed by atoms with E-state index in [2.05, 4.69) is 0 Å². The number of likely N-dealkylation sites (tertiary alicyclic amines) is 1. The predicted octanol–water partition coefficient (Wildman–Crippen LogP) is 3.04. The zero-order valence-corrected chi connectivity index (χ0v) is 13.0. The van der Waals surface area contributed by atoms with Crippen molar-refractivity contribution < 1.29 is 14.6 Å². The van der Waals surface area contributed by atoms with Crippen LogP contribution in [0, 0.1) is 0 Å². The molecule has 1 N–H and O–H groups in total. The average molecular weight is 291 g/mol. The number of aliphatic hydroxyl groups is 1. The van der Waals surface area contributed by atoms with Crippen LogP contribution in [-0.2, 0) is 11.3 Å². The van der Waals surface area contributed by atoms with Gasteiger partial charge in [-0.2, -0.15) is 0 Å². The van der Waals surface area contributed by atoms with E-state index < -0.39 is 6.10 Å². The van der Waals surface area contributed by atoms with Crippen molar-refractivity contribution >= 4 is 5.91 Å². The van der Waals surface area contributed by atoms with Crippen LogP contribution in [-0.4, -0.2) is 29.1 Å². The molecule has 0 aliphatic carbocycles. The summed E-state index contributed by atoms with van der Waals surface area (Å²) in [5.41, 5.74) is 1.83. The van der Waals surface area contributed by atoms with Crippen molar-refractivity contribution in [2.45, 2.75) is 52.2 Å². The minimum Gasteiger partial charge on any atom is -0.494 e. The lowest BCUT2D eigenvalue weighted by Crippen LogP contribution is -2.30. The van der Waals surface area contributed by atoms with Crippen LogP contribution in [0.1, 0.15) is 56.8 Å². The van der Waals surface area contributed by atoms with Gasteiger partial charge in [0.25, 0.3) is 0 Å². The summed E-state index contributed by atoms with van der Waals surface area (Å²) in [4.78, 5) is 14.1. The van der Waals surface area contributed by atoms with Crippen LogP contribution in [0.3, 0.4) is 0 Å². The molecule has 1 aliphatic rings. The number of nitrogens with zero attached hydrogens (tertiary/aromatic N) is 1. The molecule has 4 heteroatoms. The van der Waals surface area contributed by atoms with E-state index in [0.717, 1.165) is 42.7 Å². The van der Waals surface area contributed by atoms with Gasteiger partial charge in [-0.25, -0.2) is 0 Å². The van der Waals surface area contributed by atoms with Gasteiger partial charge in [-0.05, 0) is 44.4 Å². The first-order valence-corrected chi connectivity index (χ1v) is 7.83. The van der Waals surface area contributed by atoms with E-state index >= 15 is 0 Å². The molecule has 0 bridgehead atoms. The van der Waals surface area contributed by atoms with E-state index in [4.69, 9.17) is 4.74 Å². The highest BCUT2D eigenvalue weighted by atomic mass is 16.5. The molecular weight excluding hydrogens is 266 g/mol. The number of hydrogen-bond donors (Lipinski definition) is 1. The summed E-state index contributed by atoms with van der Waals surface area (Å²) in [6.07, 6.45) is 3.29. The molecule has 0 aromatic heterocycles. The molecule has 0 spiro atoms. The summed E-state index contributed by atoms with van der Waals surface area (Å²) in [6, 6.07) is 5.72. The van der Waals surface area contributed by atoms with Crippen LogP contribution >= 0.6 is 0 Å². The average Bonchev–Trinajstić information content (AvgIpc) is 2.66. The topological polar surface area (TPSA) is 49.8 Å². The third-order valence-electron chi connectivity index (χ3n) is 3.90. The van der Waals surface area contributed by atoms with Gasteiger partial charge in [0.05, 0.1) is 12.7 Å². The van der Waals surface area contributed by atoms with E-state index in [9.17, 15) is 9.90 Å². The Hall–Kier alpha value is -1.55. The highest BCUT2D eigenvalue weighted by Crippen LogP contribution is 2.26. The van der Waals surface area contributed by atoms with Gasteiger partial charge < -0.3 is 14.7 Å². The van der Waals surface area contributed by atoms with Crippen molar-refractivity contribution in [1.29, 1.82) is 0 Å². The number of hydrogen-bond acceptors (Lipinski definition) is 3. The second-order valence-electron chi connectivity index (χ2n) is 5.60. The van der Waals surface area contributed by atoms with Gasteiger partial charge in [0.2, 0.25) is 5.91 Å². The largest absolute Gasteiger partial charge is 0.494 e. The molecule has 2 rings (SSSR count). The van der Waals surface area contributed by atoms with E-state index in [-0.39, 0.29) is 5.91 Å². The normalized spacial score (nSPS) is 17.5. The zero-order chi connectivity index (χ0) is 15.2. The molecule has 1 aliphatic heterocycles. The number of amides is 1. The highest BCUT2D eigenvalue weighted by molar-refractivity contribution is 5.76. The maximum absolute atomic E-state index is 12.1. The lowest BCUT2D eigenvalue weighted by molar-refractivity contribution is -0.131. The van der Waals surface area contributed by atoms with E-state index in [1.54, 1.807) is 6.92 Å². The lowest BCUT2D eigenvalue weighted by atomic mass is 10.1. The molecule has 116 valence electrons. The van der Waals surface area contributed by atoms with Gasteiger partial charge in [0.1, 0.15) is 5.75 Å². The first kappa shape index (κ1) is 15.8. The summed E-state index contributed by atoms with van der Waals surface area (Å²) < 4.78 is 5.66. The molecule has 21 heavy (non-hydrogen) atoms. The van der Waals surface area contributed by atoms with Crippen molar-refractivity contribution in [2.75, 3.05) is 13.2 Å². The third-order valence-corrected chi connectivity index (χ3v) is 3.90. The van der Waals surface area contributed by atoms with Crippen LogP contribution < -0.4 is 4.74 Å². The molecular formula is C17H25NO3. The molecule has 1 saturated heterocycles. The minimum absolute atomic E-state index is 0.220. The molecule has 1 atom stereocenters. The first-order chi connectivity index (χ1) is 10.1. The van der Waals surface area contributed by atoms with Gasteiger partial charge in [-0.1, -0.05) is 12.5 Å². The smallest absolute Gasteiger partial charge is 0.222 e. The van der Waals surface area contributed by atoms with Gasteiger partial charge in [0.15, 0.2) is 0 Å². The Morgan fingerprint density at radius 2 is 2.14 bits per heavy atom. The summed E-state index contributed by atoms with van der Waals surface area (Å²) in [5, 5.41) is 9.75. The molecule has 1 unspecified atom stereocenters. The van der Waals surface area contributed by atoms with E-state index in [0.29, 0.717) is 19.6 Å². The minimum atomic E-state index is -0.515. The Kier molecular flexibility index (Phi) is 5.62. The number of benzene rings is 1. The molecule has 0 saturated carbocycles. The predicted molar refractivity (Wildman–Crippen MR) is 82.1 cm³/mol. The Morgan fingerprint density at radius 3 is 2.86 bits per heavy atom. The Morgan fingerprint density at radius 1 is 1.33 bits per heavy atom. The third kappa shape index (κ3) is 4.21. The monoisotopic (exact) mass is 291 g/mol. The summed E-state index contributed by atoms with van der Waals surface area (Å²) in [7, 11) is 0. The van der Waals surface area contributed by atoms with Crippen LogP contribution in [0.4, 0.5) is 0 Å². The zero-order valence-electron chi connectivity index (χ0n) is 13.0.